The maximum absolute atomic E-state index is 12.4. The van der Waals surface area contributed by atoms with Crippen LogP contribution in [-0.2, 0) is 10.0 Å². The van der Waals surface area contributed by atoms with E-state index in [4.69, 9.17) is 12.2 Å². The predicted molar refractivity (Wildman–Crippen MR) is 98.1 cm³/mol. The third kappa shape index (κ3) is 5.08. The highest BCUT2D eigenvalue weighted by Crippen LogP contribution is 2.19. The topological polar surface area (TPSA) is 70.2 Å². The first-order chi connectivity index (χ1) is 11.0. The van der Waals surface area contributed by atoms with Gasteiger partial charge in [-0.3, -0.25) is 4.72 Å². The van der Waals surface area contributed by atoms with Crippen LogP contribution < -0.4 is 15.4 Å². The number of rotatable bonds is 6. The summed E-state index contributed by atoms with van der Waals surface area (Å²) in [5.74, 6) is 0. The molecule has 2 aromatic carbocycles. The van der Waals surface area contributed by atoms with E-state index < -0.39 is 10.0 Å². The fraction of sp³-hybridized carbons (Fsp3) is 0.0625. The Labute approximate surface area is 141 Å². The van der Waals surface area contributed by atoms with Gasteiger partial charge >= 0.3 is 0 Å². The van der Waals surface area contributed by atoms with Gasteiger partial charge in [0.15, 0.2) is 5.11 Å². The second-order valence-corrected chi connectivity index (χ2v) is 6.71. The summed E-state index contributed by atoms with van der Waals surface area (Å²) in [6, 6.07) is 15.2. The van der Waals surface area contributed by atoms with Crippen molar-refractivity contribution >= 4 is 38.7 Å². The van der Waals surface area contributed by atoms with Crippen LogP contribution in [0.5, 0.6) is 0 Å². The quantitative estimate of drug-likeness (QED) is 0.554. The fourth-order valence-electron chi connectivity index (χ4n) is 1.80. The Morgan fingerprint density at radius 1 is 1.09 bits per heavy atom. The van der Waals surface area contributed by atoms with Gasteiger partial charge in [-0.25, -0.2) is 8.42 Å². The molecule has 0 aliphatic heterocycles. The molecule has 0 radical (unpaired) electrons. The number of nitrogens with one attached hydrogen (secondary N) is 3. The second kappa shape index (κ2) is 7.75. The van der Waals surface area contributed by atoms with E-state index in [2.05, 4.69) is 21.9 Å². The fourth-order valence-corrected chi connectivity index (χ4v) is 3.11. The molecule has 2 rings (SSSR count). The largest absolute Gasteiger partial charge is 0.359 e. The number of thiocarbonyl (C=S) groups is 1. The van der Waals surface area contributed by atoms with E-state index in [0.29, 0.717) is 23.0 Å². The summed E-state index contributed by atoms with van der Waals surface area (Å²) >= 11 is 5.11. The third-order valence-electron chi connectivity index (χ3n) is 2.84. The molecule has 0 saturated carbocycles. The van der Waals surface area contributed by atoms with Crippen LogP contribution in [0, 0.1) is 0 Å². The van der Waals surface area contributed by atoms with Crippen molar-refractivity contribution in [3.05, 3.63) is 67.3 Å². The van der Waals surface area contributed by atoms with Crippen molar-refractivity contribution in [2.45, 2.75) is 4.90 Å². The second-order valence-electron chi connectivity index (χ2n) is 4.62. The highest BCUT2D eigenvalue weighted by atomic mass is 32.2. The molecule has 0 heterocycles. The predicted octanol–water partition coefficient (Wildman–Crippen LogP) is 2.96. The van der Waals surface area contributed by atoms with Crippen LogP contribution in [0.2, 0.25) is 0 Å². The van der Waals surface area contributed by atoms with Crippen molar-refractivity contribution in [2.75, 3.05) is 16.6 Å². The zero-order chi connectivity index (χ0) is 16.7. The molecule has 0 fully saturated rings. The van der Waals surface area contributed by atoms with Gasteiger partial charge in [0, 0.05) is 17.9 Å². The van der Waals surface area contributed by atoms with E-state index in [-0.39, 0.29) is 4.90 Å². The van der Waals surface area contributed by atoms with Crippen molar-refractivity contribution in [3.63, 3.8) is 0 Å². The van der Waals surface area contributed by atoms with E-state index in [1.54, 1.807) is 42.5 Å². The molecule has 3 N–H and O–H groups in total. The molecule has 0 aliphatic carbocycles. The molecule has 0 saturated heterocycles. The Hall–Kier alpha value is -2.38. The Balaban J connectivity index is 2.15. The molecule has 7 heteroatoms. The van der Waals surface area contributed by atoms with Gasteiger partial charge in [0.05, 0.1) is 4.90 Å². The van der Waals surface area contributed by atoms with E-state index in [1.807, 2.05) is 6.07 Å². The summed E-state index contributed by atoms with van der Waals surface area (Å²) in [4.78, 5) is 0.151. The third-order valence-corrected chi connectivity index (χ3v) is 4.46. The lowest BCUT2D eigenvalue weighted by molar-refractivity contribution is 0.601. The van der Waals surface area contributed by atoms with Crippen molar-refractivity contribution in [3.8, 4) is 0 Å². The van der Waals surface area contributed by atoms with Crippen LogP contribution >= 0.6 is 12.2 Å². The Kier molecular flexibility index (Phi) is 5.72. The van der Waals surface area contributed by atoms with Crippen LogP contribution in [0.15, 0.2) is 72.1 Å². The number of benzene rings is 2. The molecule has 0 bridgehead atoms. The van der Waals surface area contributed by atoms with Crippen LogP contribution in [0.1, 0.15) is 0 Å². The number of hydrogen-bond acceptors (Lipinski definition) is 3. The average molecular weight is 347 g/mol. The molecular formula is C16H17N3O2S2. The van der Waals surface area contributed by atoms with Gasteiger partial charge in [0.25, 0.3) is 10.0 Å². The smallest absolute Gasteiger partial charge is 0.261 e. The van der Waals surface area contributed by atoms with Crippen LogP contribution in [0.4, 0.5) is 11.4 Å². The highest BCUT2D eigenvalue weighted by molar-refractivity contribution is 7.92. The van der Waals surface area contributed by atoms with E-state index in [9.17, 15) is 8.42 Å². The van der Waals surface area contributed by atoms with E-state index in [1.165, 1.54) is 12.1 Å². The van der Waals surface area contributed by atoms with Crippen molar-refractivity contribution in [2.24, 2.45) is 0 Å². The molecule has 23 heavy (non-hydrogen) atoms. The molecule has 5 nitrogen and oxygen atoms in total. The van der Waals surface area contributed by atoms with Gasteiger partial charge in [-0.05, 0) is 42.5 Å². The summed E-state index contributed by atoms with van der Waals surface area (Å²) in [5.41, 5.74) is 1.09. The molecule has 2 aromatic rings. The van der Waals surface area contributed by atoms with Crippen LogP contribution in [0.25, 0.3) is 0 Å². The van der Waals surface area contributed by atoms with Crippen molar-refractivity contribution < 1.29 is 8.42 Å². The number of para-hydroxylation sites is 1. The Bertz CT molecular complexity index is 790. The maximum Gasteiger partial charge on any atom is 0.261 e. The van der Waals surface area contributed by atoms with Gasteiger partial charge in [-0.15, -0.1) is 6.58 Å². The number of hydrogen-bond donors (Lipinski definition) is 3. The van der Waals surface area contributed by atoms with E-state index >= 15 is 0 Å². The lowest BCUT2D eigenvalue weighted by Gasteiger charge is -2.11. The van der Waals surface area contributed by atoms with Crippen molar-refractivity contribution in [1.29, 1.82) is 0 Å². The van der Waals surface area contributed by atoms with Gasteiger partial charge in [0.2, 0.25) is 0 Å². The maximum atomic E-state index is 12.4. The van der Waals surface area contributed by atoms with E-state index in [0.717, 1.165) is 0 Å². The zero-order valence-electron chi connectivity index (χ0n) is 12.3. The Morgan fingerprint density at radius 2 is 1.78 bits per heavy atom. The molecule has 0 spiro atoms. The van der Waals surface area contributed by atoms with Crippen LogP contribution in [0.3, 0.4) is 0 Å². The molecule has 0 amide bonds. The first-order valence-electron chi connectivity index (χ1n) is 6.85. The molecule has 0 atom stereocenters. The minimum atomic E-state index is -3.66. The monoisotopic (exact) mass is 347 g/mol. The number of anilines is 2. The van der Waals surface area contributed by atoms with Crippen LogP contribution in [-0.4, -0.2) is 20.1 Å². The lowest BCUT2D eigenvalue weighted by atomic mass is 10.3. The lowest BCUT2D eigenvalue weighted by Crippen LogP contribution is -2.28. The average Bonchev–Trinajstić information content (AvgIpc) is 2.54. The van der Waals surface area contributed by atoms with Gasteiger partial charge < -0.3 is 10.6 Å². The summed E-state index contributed by atoms with van der Waals surface area (Å²) < 4.78 is 27.4. The normalized spacial score (nSPS) is 10.6. The van der Waals surface area contributed by atoms with Gasteiger partial charge in [-0.1, -0.05) is 30.3 Å². The molecule has 0 aromatic heterocycles. The molecule has 120 valence electrons. The summed E-state index contributed by atoms with van der Waals surface area (Å²) in [5, 5.41) is 6.25. The first kappa shape index (κ1) is 17.0. The zero-order valence-corrected chi connectivity index (χ0v) is 14.0. The highest BCUT2D eigenvalue weighted by Gasteiger charge is 2.14. The standard InChI is InChI=1S/C16H17N3O2S2/c1-2-11-17-16(22)18-14-9-6-10-15(12-14)23(20,21)19-13-7-4-3-5-8-13/h2-10,12,19H,1,11H2,(H2,17,18,22). The van der Waals surface area contributed by atoms with Gasteiger partial charge in [-0.2, -0.15) is 0 Å². The summed E-state index contributed by atoms with van der Waals surface area (Å²) in [7, 11) is -3.66. The minimum absolute atomic E-state index is 0.151. The molecular weight excluding hydrogens is 330 g/mol. The van der Waals surface area contributed by atoms with Gasteiger partial charge in [0.1, 0.15) is 0 Å². The molecule has 0 aliphatic rings. The minimum Gasteiger partial charge on any atom is -0.359 e. The molecule has 0 unspecified atom stereocenters. The summed E-state index contributed by atoms with van der Waals surface area (Å²) in [6.45, 7) is 4.12. The Morgan fingerprint density at radius 3 is 2.48 bits per heavy atom. The summed E-state index contributed by atoms with van der Waals surface area (Å²) in [6.07, 6.45) is 1.68. The SMILES string of the molecule is C=CCNC(=S)Nc1cccc(S(=O)(=O)Nc2ccccc2)c1. The van der Waals surface area contributed by atoms with Crippen molar-refractivity contribution in [1.82, 2.24) is 5.32 Å². The number of sulfonamides is 1. The first-order valence-corrected chi connectivity index (χ1v) is 8.74.